The van der Waals surface area contributed by atoms with Crippen LogP contribution in [0.4, 0.5) is 0 Å². The van der Waals surface area contributed by atoms with Crippen molar-refractivity contribution in [2.45, 2.75) is 33.1 Å². The van der Waals surface area contributed by atoms with Crippen LogP contribution in [0.25, 0.3) is 22.4 Å². The number of unbranched alkanes of at least 4 members (excludes halogenated alkanes) is 2. The number of rotatable bonds is 9. The van der Waals surface area contributed by atoms with Gasteiger partial charge in [0, 0.05) is 11.6 Å². The highest BCUT2D eigenvalue weighted by Crippen LogP contribution is 2.33. The fraction of sp³-hybridized carbons (Fsp3) is 0.381. The number of imidazole rings is 1. The zero-order chi connectivity index (χ0) is 18.4. The average Bonchev–Trinajstić information content (AvgIpc) is 3.09. The van der Waals surface area contributed by atoms with Crippen LogP contribution >= 0.6 is 0 Å². The molecule has 1 heterocycles. The lowest BCUT2D eigenvalue weighted by Gasteiger charge is -2.12. The van der Waals surface area contributed by atoms with Gasteiger partial charge in [0.15, 0.2) is 11.5 Å². The SMILES string of the molecule is CCCCCOc1ccc(-c2nc3ccc(OC)cc3[nH]2)cc1OCC. The minimum absolute atomic E-state index is 0.589. The fourth-order valence-electron chi connectivity index (χ4n) is 2.83. The number of H-pyrrole nitrogens is 1. The molecule has 0 spiro atoms. The van der Waals surface area contributed by atoms with Crippen LogP contribution in [0, 0.1) is 0 Å². The number of aromatic amines is 1. The Morgan fingerprint density at radius 3 is 2.62 bits per heavy atom. The van der Waals surface area contributed by atoms with Crippen LogP contribution in [0.2, 0.25) is 0 Å². The summed E-state index contributed by atoms with van der Waals surface area (Å²) in [6.07, 6.45) is 3.40. The molecule has 2 aromatic carbocycles. The number of methoxy groups -OCH3 is 1. The summed E-state index contributed by atoms with van der Waals surface area (Å²) >= 11 is 0. The van der Waals surface area contributed by atoms with Gasteiger partial charge in [-0.15, -0.1) is 0 Å². The van der Waals surface area contributed by atoms with Gasteiger partial charge in [0.1, 0.15) is 11.6 Å². The third-order valence-electron chi connectivity index (χ3n) is 4.21. The number of ether oxygens (including phenoxy) is 3. The van der Waals surface area contributed by atoms with Crippen molar-refractivity contribution in [2.24, 2.45) is 0 Å². The van der Waals surface area contributed by atoms with Crippen molar-refractivity contribution in [2.75, 3.05) is 20.3 Å². The lowest BCUT2D eigenvalue weighted by Crippen LogP contribution is -2.01. The van der Waals surface area contributed by atoms with E-state index >= 15 is 0 Å². The van der Waals surface area contributed by atoms with Crippen molar-refractivity contribution in [3.05, 3.63) is 36.4 Å². The summed E-state index contributed by atoms with van der Waals surface area (Å²) < 4.78 is 17.0. The van der Waals surface area contributed by atoms with Gasteiger partial charge in [-0.05, 0) is 43.7 Å². The zero-order valence-corrected chi connectivity index (χ0v) is 15.7. The number of fused-ring (bicyclic) bond motifs is 1. The molecule has 0 saturated heterocycles. The van der Waals surface area contributed by atoms with Crippen LogP contribution in [-0.2, 0) is 0 Å². The Kier molecular flexibility index (Phi) is 6.00. The van der Waals surface area contributed by atoms with Crippen LogP contribution in [0.1, 0.15) is 33.1 Å². The largest absolute Gasteiger partial charge is 0.497 e. The molecule has 3 aromatic rings. The zero-order valence-electron chi connectivity index (χ0n) is 15.7. The van der Waals surface area contributed by atoms with Gasteiger partial charge in [-0.3, -0.25) is 0 Å². The van der Waals surface area contributed by atoms with E-state index in [9.17, 15) is 0 Å². The van der Waals surface area contributed by atoms with Gasteiger partial charge in [0.2, 0.25) is 0 Å². The molecule has 3 rings (SSSR count). The molecule has 0 bridgehead atoms. The van der Waals surface area contributed by atoms with Gasteiger partial charge in [0.05, 0.1) is 31.4 Å². The van der Waals surface area contributed by atoms with Crippen molar-refractivity contribution < 1.29 is 14.2 Å². The summed E-state index contributed by atoms with van der Waals surface area (Å²) in [6, 6.07) is 11.7. The summed E-state index contributed by atoms with van der Waals surface area (Å²) in [6.45, 7) is 5.45. The van der Waals surface area contributed by atoms with E-state index in [2.05, 4.69) is 16.9 Å². The van der Waals surface area contributed by atoms with Gasteiger partial charge in [-0.25, -0.2) is 4.98 Å². The highest BCUT2D eigenvalue weighted by Gasteiger charge is 2.11. The van der Waals surface area contributed by atoms with E-state index in [0.29, 0.717) is 13.2 Å². The van der Waals surface area contributed by atoms with Crippen molar-refractivity contribution in [3.63, 3.8) is 0 Å². The lowest BCUT2D eigenvalue weighted by atomic mass is 10.2. The van der Waals surface area contributed by atoms with Gasteiger partial charge in [-0.1, -0.05) is 19.8 Å². The maximum atomic E-state index is 5.90. The number of benzene rings is 2. The minimum Gasteiger partial charge on any atom is -0.497 e. The molecule has 0 radical (unpaired) electrons. The molecule has 26 heavy (non-hydrogen) atoms. The Morgan fingerprint density at radius 2 is 1.85 bits per heavy atom. The first-order chi connectivity index (χ1) is 12.7. The lowest BCUT2D eigenvalue weighted by molar-refractivity contribution is 0.271. The number of nitrogens with one attached hydrogen (secondary N) is 1. The van der Waals surface area contributed by atoms with E-state index in [1.54, 1.807) is 7.11 Å². The third kappa shape index (κ3) is 4.10. The molecule has 0 aliphatic heterocycles. The summed E-state index contributed by atoms with van der Waals surface area (Å²) in [5, 5.41) is 0. The molecular weight excluding hydrogens is 328 g/mol. The van der Waals surface area contributed by atoms with Gasteiger partial charge >= 0.3 is 0 Å². The number of aromatic nitrogens is 2. The molecule has 0 saturated carbocycles. The van der Waals surface area contributed by atoms with E-state index in [-0.39, 0.29) is 0 Å². The van der Waals surface area contributed by atoms with Crippen LogP contribution in [0.15, 0.2) is 36.4 Å². The minimum atomic E-state index is 0.589. The van der Waals surface area contributed by atoms with Crippen LogP contribution < -0.4 is 14.2 Å². The van der Waals surface area contributed by atoms with Gasteiger partial charge < -0.3 is 19.2 Å². The Hall–Kier alpha value is -2.69. The van der Waals surface area contributed by atoms with E-state index in [1.165, 1.54) is 12.8 Å². The maximum Gasteiger partial charge on any atom is 0.161 e. The maximum absolute atomic E-state index is 5.90. The van der Waals surface area contributed by atoms with Gasteiger partial charge in [-0.2, -0.15) is 0 Å². The highest BCUT2D eigenvalue weighted by molar-refractivity contribution is 5.81. The molecule has 1 aromatic heterocycles. The topological polar surface area (TPSA) is 56.4 Å². The summed E-state index contributed by atoms with van der Waals surface area (Å²) in [5.74, 6) is 3.13. The van der Waals surface area contributed by atoms with Gasteiger partial charge in [0.25, 0.3) is 0 Å². The second-order valence-corrected chi connectivity index (χ2v) is 6.12. The Balaban J connectivity index is 1.86. The molecule has 1 N–H and O–H groups in total. The average molecular weight is 354 g/mol. The van der Waals surface area contributed by atoms with Crippen LogP contribution in [0.5, 0.6) is 17.2 Å². The Morgan fingerprint density at radius 1 is 0.962 bits per heavy atom. The molecule has 0 fully saturated rings. The summed E-state index contributed by atoms with van der Waals surface area (Å²) in [4.78, 5) is 8.02. The molecule has 0 atom stereocenters. The van der Waals surface area contributed by atoms with Crippen molar-refractivity contribution >= 4 is 11.0 Å². The van der Waals surface area contributed by atoms with Crippen LogP contribution in [-0.4, -0.2) is 30.3 Å². The number of hydrogen-bond donors (Lipinski definition) is 1. The molecule has 0 aliphatic rings. The summed E-state index contributed by atoms with van der Waals surface area (Å²) in [7, 11) is 1.66. The predicted octanol–water partition coefficient (Wildman–Crippen LogP) is 5.21. The second-order valence-electron chi connectivity index (χ2n) is 6.12. The smallest absolute Gasteiger partial charge is 0.161 e. The van der Waals surface area contributed by atoms with E-state index in [0.717, 1.165) is 46.1 Å². The predicted molar refractivity (Wildman–Crippen MR) is 104 cm³/mol. The van der Waals surface area contributed by atoms with E-state index in [4.69, 9.17) is 14.2 Å². The first kappa shape index (κ1) is 18.1. The molecule has 5 heteroatoms. The quantitative estimate of drug-likeness (QED) is 0.536. The van der Waals surface area contributed by atoms with E-state index < -0.39 is 0 Å². The fourth-order valence-corrected chi connectivity index (χ4v) is 2.83. The van der Waals surface area contributed by atoms with Crippen molar-refractivity contribution in [3.8, 4) is 28.6 Å². The first-order valence-corrected chi connectivity index (χ1v) is 9.19. The molecule has 5 nitrogen and oxygen atoms in total. The molecule has 138 valence electrons. The second kappa shape index (κ2) is 8.61. The molecule has 0 aliphatic carbocycles. The van der Waals surface area contributed by atoms with Crippen molar-refractivity contribution in [1.29, 1.82) is 0 Å². The normalized spacial score (nSPS) is 10.9. The van der Waals surface area contributed by atoms with Crippen molar-refractivity contribution in [1.82, 2.24) is 9.97 Å². The Bertz CT molecular complexity index is 858. The van der Waals surface area contributed by atoms with Crippen LogP contribution in [0.3, 0.4) is 0 Å². The summed E-state index contributed by atoms with van der Waals surface area (Å²) in [5.41, 5.74) is 2.81. The third-order valence-corrected chi connectivity index (χ3v) is 4.21. The number of hydrogen-bond acceptors (Lipinski definition) is 4. The molecule has 0 amide bonds. The standard InChI is InChI=1S/C21H26N2O3/c1-4-6-7-12-26-19-11-8-15(13-20(19)25-5-2)21-22-17-10-9-16(24-3)14-18(17)23-21/h8-11,13-14H,4-7,12H2,1-3H3,(H,22,23). The monoisotopic (exact) mass is 354 g/mol. The number of nitrogens with zero attached hydrogens (tertiary/aromatic N) is 1. The van der Waals surface area contributed by atoms with E-state index in [1.807, 2.05) is 43.3 Å². The molecule has 0 unspecified atom stereocenters. The molecular formula is C21H26N2O3. The highest BCUT2D eigenvalue weighted by atomic mass is 16.5. The first-order valence-electron chi connectivity index (χ1n) is 9.19. The Labute approximate surface area is 154 Å².